The number of carbonyl (C=O) groups is 3. The quantitative estimate of drug-likeness (QED) is 0.234. The molecule has 216 valence electrons. The Morgan fingerprint density at radius 2 is 1.67 bits per heavy atom. The maximum Gasteiger partial charge on any atom is 0.294 e. The molecule has 0 radical (unpaired) electrons. The third-order valence-corrected chi connectivity index (χ3v) is 8.09. The Morgan fingerprint density at radius 3 is 2.33 bits per heavy atom. The lowest BCUT2D eigenvalue weighted by Gasteiger charge is -2.36. The molecule has 8 nitrogen and oxygen atoms in total. The van der Waals surface area contributed by atoms with Crippen molar-refractivity contribution in [3.05, 3.63) is 107 Å². The summed E-state index contributed by atoms with van der Waals surface area (Å²) in [6.45, 7) is 6.41. The Bertz CT molecular complexity index is 1480. The molecule has 0 spiro atoms. The minimum atomic E-state index is -0.477. The molecule has 0 unspecified atom stereocenters. The van der Waals surface area contributed by atoms with Gasteiger partial charge in [0.05, 0.1) is 12.0 Å². The van der Waals surface area contributed by atoms with E-state index >= 15 is 0 Å². The Labute approximate surface area is 250 Å². The van der Waals surface area contributed by atoms with Gasteiger partial charge in [0.15, 0.2) is 11.5 Å². The number of thioether (sulfide) groups is 1. The molecule has 2 saturated heterocycles. The van der Waals surface area contributed by atoms with Crippen molar-refractivity contribution in [1.29, 1.82) is 0 Å². The highest BCUT2D eigenvalue weighted by Gasteiger charge is 2.37. The average Bonchev–Trinajstić information content (AvgIpc) is 3.28. The molecule has 3 aromatic carbocycles. The number of methoxy groups -OCH3 is 1. The molecule has 0 saturated carbocycles. The van der Waals surface area contributed by atoms with Crippen LogP contribution < -0.4 is 14.4 Å². The molecule has 9 heteroatoms. The molecule has 2 aliphatic heterocycles. The molecule has 0 bridgehead atoms. The largest absolute Gasteiger partial charge is 0.493 e. The number of rotatable bonds is 10. The fraction of sp³-hybridized carbons (Fsp3) is 0.242. The van der Waals surface area contributed by atoms with Gasteiger partial charge in [-0.3, -0.25) is 19.3 Å². The number of ether oxygens (including phenoxy) is 2. The van der Waals surface area contributed by atoms with E-state index < -0.39 is 11.1 Å². The highest BCUT2D eigenvalue weighted by Crippen LogP contribution is 2.37. The Morgan fingerprint density at radius 1 is 0.976 bits per heavy atom. The second-order valence-electron chi connectivity index (χ2n) is 9.95. The molecule has 2 fully saturated rings. The highest BCUT2D eigenvalue weighted by molar-refractivity contribution is 8.18. The number of carbonyl (C=O) groups excluding carboxylic acids is 3. The number of hydrogen-bond acceptors (Lipinski definition) is 7. The molecule has 2 aliphatic rings. The summed E-state index contributed by atoms with van der Waals surface area (Å²) in [4.78, 5) is 44.3. The number of anilines is 1. The van der Waals surface area contributed by atoms with Crippen molar-refractivity contribution >= 4 is 40.6 Å². The van der Waals surface area contributed by atoms with Gasteiger partial charge < -0.3 is 19.3 Å². The van der Waals surface area contributed by atoms with Crippen LogP contribution in [0.4, 0.5) is 10.5 Å². The molecule has 0 atom stereocenters. The van der Waals surface area contributed by atoms with E-state index in [-0.39, 0.29) is 17.4 Å². The maximum atomic E-state index is 13.2. The molecular formula is C33H33N3O5S. The summed E-state index contributed by atoms with van der Waals surface area (Å²) in [6.07, 6.45) is 3.95. The Hall–Kier alpha value is -4.50. The predicted octanol–water partition coefficient (Wildman–Crippen LogP) is 5.39. The molecule has 5 rings (SSSR count). The molecular weight excluding hydrogens is 550 g/mol. The first kappa shape index (κ1) is 29.0. The highest BCUT2D eigenvalue weighted by atomic mass is 32.2. The summed E-state index contributed by atoms with van der Waals surface area (Å²) in [5.41, 5.74) is 3.67. The third-order valence-electron chi connectivity index (χ3n) is 7.18. The fourth-order valence-electron chi connectivity index (χ4n) is 5.00. The zero-order valence-electron chi connectivity index (χ0n) is 23.5. The lowest BCUT2D eigenvalue weighted by molar-refractivity contribution is -0.136. The van der Waals surface area contributed by atoms with Crippen molar-refractivity contribution in [3.8, 4) is 11.5 Å². The van der Waals surface area contributed by atoms with E-state index in [1.807, 2.05) is 66.7 Å². The number of nitrogens with zero attached hydrogens (tertiary/aromatic N) is 3. The van der Waals surface area contributed by atoms with Crippen LogP contribution in [0.3, 0.4) is 0 Å². The Balaban J connectivity index is 1.26. The molecule has 42 heavy (non-hydrogen) atoms. The topological polar surface area (TPSA) is 79.4 Å². The molecule has 0 N–H and O–H groups in total. The molecule has 3 aromatic rings. The number of piperazine rings is 1. The van der Waals surface area contributed by atoms with Crippen LogP contribution in [-0.4, -0.2) is 66.7 Å². The van der Waals surface area contributed by atoms with Crippen molar-refractivity contribution in [2.75, 3.05) is 44.7 Å². The van der Waals surface area contributed by atoms with Crippen molar-refractivity contribution < 1.29 is 23.9 Å². The van der Waals surface area contributed by atoms with Gasteiger partial charge in [-0.2, -0.15) is 0 Å². The van der Waals surface area contributed by atoms with E-state index in [1.54, 1.807) is 30.2 Å². The first-order valence-corrected chi connectivity index (χ1v) is 14.6. The first-order valence-electron chi connectivity index (χ1n) is 13.8. The van der Waals surface area contributed by atoms with Crippen LogP contribution in [0, 0.1) is 0 Å². The number of imide groups is 1. The van der Waals surface area contributed by atoms with Gasteiger partial charge in [0.1, 0.15) is 13.2 Å². The summed E-state index contributed by atoms with van der Waals surface area (Å²) in [7, 11) is 1.56. The van der Waals surface area contributed by atoms with Gasteiger partial charge >= 0.3 is 0 Å². The van der Waals surface area contributed by atoms with Gasteiger partial charge in [-0.1, -0.05) is 54.6 Å². The Kier molecular flexibility index (Phi) is 9.28. The predicted molar refractivity (Wildman–Crippen MR) is 166 cm³/mol. The summed E-state index contributed by atoms with van der Waals surface area (Å²) < 4.78 is 11.8. The van der Waals surface area contributed by atoms with Crippen molar-refractivity contribution in [1.82, 2.24) is 9.80 Å². The minimum Gasteiger partial charge on any atom is -0.493 e. The van der Waals surface area contributed by atoms with E-state index in [1.165, 1.54) is 0 Å². The summed E-state index contributed by atoms with van der Waals surface area (Å²) in [5.74, 6) is 0.404. The van der Waals surface area contributed by atoms with Gasteiger partial charge in [0.25, 0.3) is 11.1 Å². The normalized spacial score (nSPS) is 16.2. The minimum absolute atomic E-state index is 0.235. The van der Waals surface area contributed by atoms with Crippen LogP contribution in [0.1, 0.15) is 16.7 Å². The smallest absolute Gasteiger partial charge is 0.294 e. The summed E-state index contributed by atoms with van der Waals surface area (Å²) in [5, 5.41) is -0.455. The number of amides is 3. The van der Waals surface area contributed by atoms with Crippen molar-refractivity contribution in [2.24, 2.45) is 0 Å². The average molecular weight is 584 g/mol. The van der Waals surface area contributed by atoms with E-state index in [2.05, 4.69) is 11.5 Å². The van der Waals surface area contributed by atoms with E-state index in [4.69, 9.17) is 9.47 Å². The number of benzene rings is 3. The van der Waals surface area contributed by atoms with Crippen molar-refractivity contribution in [2.45, 2.75) is 13.0 Å². The van der Waals surface area contributed by atoms with Gasteiger partial charge in [0, 0.05) is 37.4 Å². The fourth-order valence-corrected chi connectivity index (χ4v) is 5.83. The van der Waals surface area contributed by atoms with Gasteiger partial charge in [0.2, 0.25) is 5.91 Å². The van der Waals surface area contributed by atoms with Gasteiger partial charge in [-0.05, 0) is 59.7 Å². The SMILES string of the molecule is C=CCc1cc(/C=C2/SC(=O)N(CC(=O)N3CCN(c4ccccc4)CC3)C2=O)cc(OC)c1OCc1ccccc1. The van der Waals surface area contributed by atoms with Crippen LogP contribution in [0.2, 0.25) is 0 Å². The van der Waals surface area contributed by atoms with E-state index in [0.29, 0.717) is 56.3 Å². The van der Waals surface area contributed by atoms with Crippen LogP contribution in [-0.2, 0) is 22.6 Å². The van der Waals surface area contributed by atoms with Crippen LogP contribution in [0.15, 0.2) is 90.4 Å². The number of para-hydroxylation sites is 1. The van der Waals surface area contributed by atoms with Gasteiger partial charge in [-0.25, -0.2) is 0 Å². The standard InChI is InChI=1S/C33H33N3O5S/c1-3-10-26-19-25(20-28(40-2)31(26)41-23-24-11-6-4-7-12-24)21-29-32(38)36(33(39)42-29)22-30(37)35-17-15-34(16-18-35)27-13-8-5-9-14-27/h3-9,11-14,19-21H,1,10,15-18,22-23H2,2H3/b29-21+. The summed E-state index contributed by atoms with van der Waals surface area (Å²) in [6, 6.07) is 23.6. The number of allylic oxidation sites excluding steroid dienone is 1. The lowest BCUT2D eigenvalue weighted by Crippen LogP contribution is -2.51. The van der Waals surface area contributed by atoms with Gasteiger partial charge in [-0.15, -0.1) is 6.58 Å². The molecule has 2 heterocycles. The third kappa shape index (κ3) is 6.69. The zero-order chi connectivity index (χ0) is 29.5. The maximum absolute atomic E-state index is 13.2. The zero-order valence-corrected chi connectivity index (χ0v) is 24.3. The molecule has 3 amide bonds. The van der Waals surface area contributed by atoms with Crippen LogP contribution >= 0.6 is 11.8 Å². The van der Waals surface area contributed by atoms with Crippen LogP contribution in [0.25, 0.3) is 6.08 Å². The second-order valence-corrected chi connectivity index (χ2v) is 10.9. The van der Waals surface area contributed by atoms with Crippen molar-refractivity contribution in [3.63, 3.8) is 0 Å². The van der Waals surface area contributed by atoms with Crippen LogP contribution in [0.5, 0.6) is 11.5 Å². The lowest BCUT2D eigenvalue weighted by atomic mass is 10.0. The first-order chi connectivity index (χ1) is 20.5. The molecule has 0 aliphatic carbocycles. The number of hydrogen-bond donors (Lipinski definition) is 0. The second kappa shape index (κ2) is 13.4. The van der Waals surface area contributed by atoms with E-state index in [0.717, 1.165) is 33.5 Å². The summed E-state index contributed by atoms with van der Waals surface area (Å²) >= 11 is 0.835. The monoisotopic (exact) mass is 583 g/mol. The van der Waals surface area contributed by atoms with E-state index in [9.17, 15) is 14.4 Å². The molecule has 0 aromatic heterocycles.